The van der Waals surface area contributed by atoms with E-state index in [1.165, 1.54) is 23.9 Å². The first-order valence-electron chi connectivity index (χ1n) is 5.69. The Morgan fingerprint density at radius 2 is 2.17 bits per heavy atom. The molecule has 2 nitrogen and oxygen atoms in total. The molecule has 1 aromatic carbocycles. The number of aliphatic hydroxyl groups excluding tert-OH is 1. The van der Waals surface area contributed by atoms with Gasteiger partial charge in [0.2, 0.25) is 0 Å². The van der Waals surface area contributed by atoms with Gasteiger partial charge in [-0.05, 0) is 29.8 Å². The van der Waals surface area contributed by atoms with Gasteiger partial charge < -0.3 is 5.11 Å². The van der Waals surface area contributed by atoms with Gasteiger partial charge in [0, 0.05) is 29.5 Å². The molecule has 1 N–H and O–H groups in total. The molecule has 0 aliphatic carbocycles. The first-order chi connectivity index (χ1) is 8.74. The van der Waals surface area contributed by atoms with E-state index in [1.807, 2.05) is 18.2 Å². The lowest BCUT2D eigenvalue weighted by Gasteiger charge is -2.10. The molecule has 4 heteroatoms. The SMILES string of the molecule is OC(CSc1cccc(F)c1)Cc1cccnc1. The van der Waals surface area contributed by atoms with E-state index in [-0.39, 0.29) is 5.82 Å². The van der Waals surface area contributed by atoms with Crippen LogP contribution in [0.3, 0.4) is 0 Å². The van der Waals surface area contributed by atoms with Crippen LogP contribution in [0, 0.1) is 5.82 Å². The number of rotatable bonds is 5. The molecule has 0 bridgehead atoms. The number of hydrogen-bond donors (Lipinski definition) is 1. The van der Waals surface area contributed by atoms with Gasteiger partial charge in [0.25, 0.3) is 0 Å². The van der Waals surface area contributed by atoms with E-state index < -0.39 is 6.10 Å². The lowest BCUT2D eigenvalue weighted by Crippen LogP contribution is -2.13. The van der Waals surface area contributed by atoms with Crippen molar-refractivity contribution in [1.29, 1.82) is 0 Å². The maximum absolute atomic E-state index is 13.0. The number of nitrogens with zero attached hydrogens (tertiary/aromatic N) is 1. The molecule has 0 aliphatic heterocycles. The second-order valence-corrected chi connectivity index (χ2v) is 5.08. The quantitative estimate of drug-likeness (QED) is 0.842. The molecule has 2 aromatic rings. The van der Waals surface area contributed by atoms with Crippen molar-refractivity contribution in [2.24, 2.45) is 0 Å². The van der Waals surface area contributed by atoms with Crippen molar-refractivity contribution in [3.8, 4) is 0 Å². The molecule has 1 unspecified atom stereocenters. The van der Waals surface area contributed by atoms with Gasteiger partial charge in [-0.3, -0.25) is 4.98 Å². The fourth-order valence-corrected chi connectivity index (χ4v) is 2.47. The lowest BCUT2D eigenvalue weighted by molar-refractivity contribution is 0.200. The van der Waals surface area contributed by atoms with Crippen molar-refractivity contribution in [1.82, 2.24) is 4.98 Å². The van der Waals surface area contributed by atoms with Gasteiger partial charge in [0.05, 0.1) is 6.10 Å². The van der Waals surface area contributed by atoms with Crippen LogP contribution in [0.5, 0.6) is 0 Å². The maximum Gasteiger partial charge on any atom is 0.124 e. The summed E-state index contributed by atoms with van der Waals surface area (Å²) in [5.74, 6) is 0.292. The number of halogens is 1. The van der Waals surface area contributed by atoms with Crippen molar-refractivity contribution in [3.63, 3.8) is 0 Å². The summed E-state index contributed by atoms with van der Waals surface area (Å²) in [5.41, 5.74) is 1.00. The third-order valence-corrected chi connectivity index (χ3v) is 3.57. The smallest absolute Gasteiger partial charge is 0.124 e. The first kappa shape index (κ1) is 13.1. The highest BCUT2D eigenvalue weighted by atomic mass is 32.2. The Bertz CT molecular complexity index is 492. The van der Waals surface area contributed by atoms with Crippen LogP contribution in [0.2, 0.25) is 0 Å². The molecule has 0 radical (unpaired) electrons. The number of thioether (sulfide) groups is 1. The topological polar surface area (TPSA) is 33.1 Å². The number of benzene rings is 1. The number of aliphatic hydroxyl groups is 1. The van der Waals surface area contributed by atoms with Crippen LogP contribution in [0.1, 0.15) is 5.56 Å². The number of hydrogen-bond acceptors (Lipinski definition) is 3. The third kappa shape index (κ3) is 4.13. The Morgan fingerprint density at radius 1 is 1.28 bits per heavy atom. The zero-order chi connectivity index (χ0) is 12.8. The zero-order valence-corrected chi connectivity index (χ0v) is 10.6. The fraction of sp³-hybridized carbons (Fsp3) is 0.214. The second-order valence-electron chi connectivity index (χ2n) is 3.99. The molecular formula is C14H14FNOS. The molecule has 1 atom stereocenters. The van der Waals surface area contributed by atoms with Gasteiger partial charge in [-0.2, -0.15) is 0 Å². The van der Waals surface area contributed by atoms with Crippen molar-refractivity contribution >= 4 is 11.8 Å². The largest absolute Gasteiger partial charge is 0.392 e. The molecule has 94 valence electrons. The van der Waals surface area contributed by atoms with Gasteiger partial charge in [0.15, 0.2) is 0 Å². The average Bonchev–Trinajstić information content (AvgIpc) is 2.38. The molecule has 1 heterocycles. The van der Waals surface area contributed by atoms with E-state index >= 15 is 0 Å². The highest BCUT2D eigenvalue weighted by molar-refractivity contribution is 7.99. The minimum Gasteiger partial charge on any atom is -0.392 e. The number of pyridine rings is 1. The van der Waals surface area contributed by atoms with E-state index in [4.69, 9.17) is 0 Å². The van der Waals surface area contributed by atoms with E-state index in [9.17, 15) is 9.50 Å². The van der Waals surface area contributed by atoms with Crippen molar-refractivity contribution in [3.05, 3.63) is 60.2 Å². The summed E-state index contributed by atoms with van der Waals surface area (Å²) in [6.07, 6.45) is 3.56. The Labute approximate surface area is 110 Å². The van der Waals surface area contributed by atoms with Crippen LogP contribution in [-0.2, 0) is 6.42 Å². The Morgan fingerprint density at radius 3 is 2.89 bits per heavy atom. The molecule has 18 heavy (non-hydrogen) atoms. The van der Waals surface area contributed by atoms with Crippen LogP contribution in [-0.4, -0.2) is 21.9 Å². The lowest BCUT2D eigenvalue weighted by atomic mass is 10.1. The monoisotopic (exact) mass is 263 g/mol. The van der Waals surface area contributed by atoms with Gasteiger partial charge in [-0.25, -0.2) is 4.39 Å². The Kier molecular flexibility index (Phi) is 4.73. The molecule has 2 rings (SSSR count). The highest BCUT2D eigenvalue weighted by Crippen LogP contribution is 2.20. The van der Waals surface area contributed by atoms with Crippen molar-refractivity contribution in [2.45, 2.75) is 17.4 Å². The minimum absolute atomic E-state index is 0.248. The van der Waals surface area contributed by atoms with Crippen LogP contribution in [0.4, 0.5) is 4.39 Å². The number of aromatic nitrogens is 1. The molecule has 0 fully saturated rings. The van der Waals surface area contributed by atoms with Crippen LogP contribution >= 0.6 is 11.8 Å². The molecule has 0 amide bonds. The van der Waals surface area contributed by atoms with E-state index in [2.05, 4.69) is 4.98 Å². The Hall–Kier alpha value is -1.39. The summed E-state index contributed by atoms with van der Waals surface area (Å²) in [7, 11) is 0. The van der Waals surface area contributed by atoms with Gasteiger partial charge in [0.1, 0.15) is 5.82 Å². The van der Waals surface area contributed by atoms with Crippen LogP contribution < -0.4 is 0 Å². The van der Waals surface area contributed by atoms with Crippen LogP contribution in [0.25, 0.3) is 0 Å². The summed E-state index contributed by atoms with van der Waals surface area (Å²) < 4.78 is 13.0. The van der Waals surface area contributed by atoms with Crippen LogP contribution in [0.15, 0.2) is 53.7 Å². The molecule has 0 saturated heterocycles. The zero-order valence-electron chi connectivity index (χ0n) is 9.79. The van der Waals surface area contributed by atoms with Gasteiger partial charge >= 0.3 is 0 Å². The standard InChI is InChI=1S/C14H14FNOS/c15-12-4-1-5-14(8-12)18-10-13(17)7-11-3-2-6-16-9-11/h1-6,8-9,13,17H,7,10H2. The van der Waals surface area contributed by atoms with Crippen molar-refractivity contribution < 1.29 is 9.50 Å². The fourth-order valence-electron chi connectivity index (χ4n) is 1.60. The van der Waals surface area contributed by atoms with Gasteiger partial charge in [-0.15, -0.1) is 11.8 Å². The Balaban J connectivity index is 1.83. The normalized spacial score (nSPS) is 12.3. The summed E-state index contributed by atoms with van der Waals surface area (Å²) >= 11 is 1.45. The average molecular weight is 263 g/mol. The summed E-state index contributed by atoms with van der Waals surface area (Å²) in [5, 5.41) is 9.89. The molecule has 1 aromatic heterocycles. The predicted molar refractivity (Wildman–Crippen MR) is 71.1 cm³/mol. The summed E-state index contributed by atoms with van der Waals surface area (Å²) in [6.45, 7) is 0. The van der Waals surface area contributed by atoms with Crippen molar-refractivity contribution in [2.75, 3.05) is 5.75 Å². The summed E-state index contributed by atoms with van der Waals surface area (Å²) in [4.78, 5) is 4.83. The van der Waals surface area contributed by atoms with E-state index in [1.54, 1.807) is 18.5 Å². The van der Waals surface area contributed by atoms with E-state index in [0.29, 0.717) is 12.2 Å². The minimum atomic E-state index is -0.456. The predicted octanol–water partition coefficient (Wildman–Crippen LogP) is 2.92. The maximum atomic E-state index is 13.0. The van der Waals surface area contributed by atoms with Gasteiger partial charge in [-0.1, -0.05) is 12.1 Å². The highest BCUT2D eigenvalue weighted by Gasteiger charge is 2.07. The third-order valence-electron chi connectivity index (χ3n) is 2.43. The molecule has 0 aliphatic rings. The van der Waals surface area contributed by atoms with E-state index in [0.717, 1.165) is 10.5 Å². The molecule has 0 saturated carbocycles. The second kappa shape index (κ2) is 6.52. The molecule has 0 spiro atoms. The summed E-state index contributed by atoms with van der Waals surface area (Å²) in [6, 6.07) is 10.2. The molecular weight excluding hydrogens is 249 g/mol. The first-order valence-corrected chi connectivity index (χ1v) is 6.68.